The molecular formula is C15H15NO. The third-order valence-electron chi connectivity index (χ3n) is 2.77. The molecule has 0 saturated heterocycles. The molecule has 0 bridgehead atoms. The van der Waals surface area contributed by atoms with Gasteiger partial charge in [-0.2, -0.15) is 0 Å². The highest BCUT2D eigenvalue weighted by Crippen LogP contribution is 2.26. The molecule has 0 amide bonds. The summed E-state index contributed by atoms with van der Waals surface area (Å²) in [5, 5.41) is 0. The molecule has 1 heterocycles. The minimum atomic E-state index is 0.0638. The largest absolute Gasteiger partial charge is 0.294 e. The van der Waals surface area contributed by atoms with Gasteiger partial charge < -0.3 is 0 Å². The molecule has 17 heavy (non-hydrogen) atoms. The Labute approximate surface area is 101 Å². The van der Waals surface area contributed by atoms with Crippen LogP contribution in [0.5, 0.6) is 0 Å². The number of carbonyl (C=O) groups excluding carboxylic acids is 1. The van der Waals surface area contributed by atoms with E-state index in [0.29, 0.717) is 0 Å². The van der Waals surface area contributed by atoms with E-state index in [9.17, 15) is 4.79 Å². The molecule has 2 rings (SSSR count). The quantitative estimate of drug-likeness (QED) is 0.731. The third kappa shape index (κ3) is 2.26. The summed E-state index contributed by atoms with van der Waals surface area (Å²) in [5.74, 6) is 0.0638. The van der Waals surface area contributed by atoms with Crippen molar-refractivity contribution in [1.82, 2.24) is 4.98 Å². The molecule has 2 nitrogen and oxygen atoms in total. The summed E-state index contributed by atoms with van der Waals surface area (Å²) in [6, 6.07) is 11.9. The Morgan fingerprint density at radius 2 is 1.76 bits per heavy atom. The van der Waals surface area contributed by atoms with Crippen LogP contribution in [0.1, 0.15) is 28.7 Å². The van der Waals surface area contributed by atoms with E-state index >= 15 is 0 Å². The number of aryl methyl sites for hydroxylation is 2. The Bertz CT molecular complexity index is 559. The second-order valence-corrected chi connectivity index (χ2v) is 4.19. The van der Waals surface area contributed by atoms with Crippen molar-refractivity contribution in [2.45, 2.75) is 20.8 Å². The Kier molecular flexibility index (Phi) is 3.05. The fourth-order valence-corrected chi connectivity index (χ4v) is 2.12. The molecule has 0 atom stereocenters. The van der Waals surface area contributed by atoms with E-state index in [0.717, 1.165) is 28.1 Å². The van der Waals surface area contributed by atoms with Gasteiger partial charge in [0.15, 0.2) is 5.78 Å². The third-order valence-corrected chi connectivity index (χ3v) is 2.77. The Balaban J connectivity index is 2.72. The summed E-state index contributed by atoms with van der Waals surface area (Å²) in [4.78, 5) is 16.1. The van der Waals surface area contributed by atoms with Gasteiger partial charge in [0.1, 0.15) is 0 Å². The monoisotopic (exact) mass is 225 g/mol. The van der Waals surface area contributed by atoms with Gasteiger partial charge in [-0.25, -0.2) is 0 Å². The molecule has 2 heteroatoms. The summed E-state index contributed by atoms with van der Waals surface area (Å²) >= 11 is 0. The summed E-state index contributed by atoms with van der Waals surface area (Å²) in [7, 11) is 0. The molecule has 2 aromatic rings. The van der Waals surface area contributed by atoms with Crippen LogP contribution < -0.4 is 0 Å². The van der Waals surface area contributed by atoms with E-state index in [2.05, 4.69) is 4.98 Å². The smallest absolute Gasteiger partial charge is 0.162 e. The SMILES string of the molecule is CC(=O)c1c(-c2ccccc2)cc(C)nc1C. The number of hydrogen-bond acceptors (Lipinski definition) is 2. The van der Waals surface area contributed by atoms with Gasteiger partial charge in [0.2, 0.25) is 0 Å². The van der Waals surface area contributed by atoms with E-state index < -0.39 is 0 Å². The maximum atomic E-state index is 11.7. The van der Waals surface area contributed by atoms with Gasteiger partial charge in [-0.1, -0.05) is 30.3 Å². The first-order valence-corrected chi connectivity index (χ1v) is 5.64. The molecule has 0 aliphatic carbocycles. The first kappa shape index (κ1) is 11.5. The van der Waals surface area contributed by atoms with Gasteiger partial charge in [0, 0.05) is 17.0 Å². The number of Topliss-reactive ketones (excluding diaryl/α,β-unsaturated/α-hetero) is 1. The standard InChI is InChI=1S/C15H15NO/c1-10-9-14(13-7-5-4-6-8-13)15(12(3)17)11(2)16-10/h4-9H,1-3H3. The lowest BCUT2D eigenvalue weighted by atomic mass is 9.96. The van der Waals surface area contributed by atoms with Crippen molar-refractivity contribution in [2.75, 3.05) is 0 Å². The highest BCUT2D eigenvalue weighted by atomic mass is 16.1. The van der Waals surface area contributed by atoms with Gasteiger partial charge in [-0.3, -0.25) is 9.78 Å². The van der Waals surface area contributed by atoms with Crippen LogP contribution in [0.15, 0.2) is 36.4 Å². The number of aromatic nitrogens is 1. The fraction of sp³-hybridized carbons (Fsp3) is 0.200. The number of nitrogens with zero attached hydrogens (tertiary/aromatic N) is 1. The lowest BCUT2D eigenvalue weighted by molar-refractivity contribution is 0.101. The van der Waals surface area contributed by atoms with Gasteiger partial charge in [-0.15, -0.1) is 0 Å². The van der Waals surface area contributed by atoms with Crippen molar-refractivity contribution >= 4 is 5.78 Å². The van der Waals surface area contributed by atoms with E-state index in [1.54, 1.807) is 6.92 Å². The van der Waals surface area contributed by atoms with Crippen molar-refractivity contribution in [1.29, 1.82) is 0 Å². The number of carbonyl (C=O) groups is 1. The van der Waals surface area contributed by atoms with Crippen LogP contribution in [0, 0.1) is 13.8 Å². The lowest BCUT2D eigenvalue weighted by Gasteiger charge is -2.11. The first-order chi connectivity index (χ1) is 8.09. The summed E-state index contributed by atoms with van der Waals surface area (Å²) < 4.78 is 0. The van der Waals surface area contributed by atoms with Gasteiger partial charge in [0.05, 0.1) is 0 Å². The maximum absolute atomic E-state index is 11.7. The van der Waals surface area contributed by atoms with Crippen molar-refractivity contribution in [3.63, 3.8) is 0 Å². The molecule has 86 valence electrons. The molecule has 0 saturated carbocycles. The Morgan fingerprint density at radius 3 is 2.35 bits per heavy atom. The summed E-state index contributed by atoms with van der Waals surface area (Å²) in [6.45, 7) is 5.42. The van der Waals surface area contributed by atoms with Crippen molar-refractivity contribution in [3.8, 4) is 11.1 Å². The van der Waals surface area contributed by atoms with Crippen LogP contribution >= 0.6 is 0 Å². The van der Waals surface area contributed by atoms with Gasteiger partial charge in [0.25, 0.3) is 0 Å². The van der Waals surface area contributed by atoms with E-state index in [-0.39, 0.29) is 5.78 Å². The van der Waals surface area contributed by atoms with E-state index in [4.69, 9.17) is 0 Å². The first-order valence-electron chi connectivity index (χ1n) is 5.64. The van der Waals surface area contributed by atoms with Crippen molar-refractivity contribution < 1.29 is 4.79 Å². The number of benzene rings is 1. The van der Waals surface area contributed by atoms with Crippen LogP contribution in [-0.4, -0.2) is 10.8 Å². The zero-order valence-electron chi connectivity index (χ0n) is 10.3. The van der Waals surface area contributed by atoms with Gasteiger partial charge in [-0.05, 0) is 38.0 Å². The second-order valence-electron chi connectivity index (χ2n) is 4.19. The topological polar surface area (TPSA) is 30.0 Å². The highest BCUT2D eigenvalue weighted by Gasteiger charge is 2.13. The predicted octanol–water partition coefficient (Wildman–Crippen LogP) is 3.57. The average molecular weight is 225 g/mol. The fourth-order valence-electron chi connectivity index (χ4n) is 2.12. The van der Waals surface area contributed by atoms with Crippen molar-refractivity contribution in [2.24, 2.45) is 0 Å². The minimum absolute atomic E-state index is 0.0638. The average Bonchev–Trinajstić information content (AvgIpc) is 2.28. The minimum Gasteiger partial charge on any atom is -0.294 e. The molecule has 0 spiro atoms. The molecule has 0 aliphatic rings. The number of hydrogen-bond donors (Lipinski definition) is 0. The lowest BCUT2D eigenvalue weighted by Crippen LogP contribution is -2.03. The maximum Gasteiger partial charge on any atom is 0.162 e. The molecule has 1 aromatic heterocycles. The summed E-state index contributed by atoms with van der Waals surface area (Å²) in [5.41, 5.74) is 4.50. The van der Waals surface area contributed by atoms with Crippen LogP contribution in [0.3, 0.4) is 0 Å². The van der Waals surface area contributed by atoms with Crippen LogP contribution in [0.25, 0.3) is 11.1 Å². The Hall–Kier alpha value is -1.96. The van der Waals surface area contributed by atoms with Crippen LogP contribution in [-0.2, 0) is 0 Å². The molecular weight excluding hydrogens is 210 g/mol. The molecule has 0 fully saturated rings. The highest BCUT2D eigenvalue weighted by molar-refractivity contribution is 6.01. The van der Waals surface area contributed by atoms with Gasteiger partial charge >= 0.3 is 0 Å². The zero-order valence-corrected chi connectivity index (χ0v) is 10.3. The van der Waals surface area contributed by atoms with Crippen molar-refractivity contribution in [3.05, 3.63) is 53.3 Å². The normalized spacial score (nSPS) is 10.3. The Morgan fingerprint density at radius 1 is 1.12 bits per heavy atom. The molecule has 1 aromatic carbocycles. The second kappa shape index (κ2) is 4.50. The predicted molar refractivity (Wildman–Crippen MR) is 69.2 cm³/mol. The van der Waals surface area contributed by atoms with Crippen LogP contribution in [0.4, 0.5) is 0 Å². The molecule has 0 radical (unpaired) electrons. The van der Waals surface area contributed by atoms with E-state index in [1.807, 2.05) is 50.2 Å². The molecule has 0 aliphatic heterocycles. The summed E-state index contributed by atoms with van der Waals surface area (Å²) in [6.07, 6.45) is 0. The number of rotatable bonds is 2. The number of pyridine rings is 1. The van der Waals surface area contributed by atoms with Crippen LogP contribution in [0.2, 0.25) is 0 Å². The molecule has 0 N–H and O–H groups in total. The molecule has 0 unspecified atom stereocenters. The van der Waals surface area contributed by atoms with E-state index in [1.165, 1.54) is 0 Å². The number of ketones is 1. The zero-order chi connectivity index (χ0) is 12.4.